The molecule has 0 bridgehead atoms. The molecule has 0 aromatic carbocycles. The molecule has 5 rings (SSSR count). The number of fused-ring (bicyclic) bond motifs is 2. The fourth-order valence-corrected chi connectivity index (χ4v) is 3.79. The van der Waals surface area contributed by atoms with E-state index >= 15 is 0 Å². The van der Waals surface area contributed by atoms with Gasteiger partial charge in [0.15, 0.2) is 11.5 Å². The number of pyridine rings is 2. The molecule has 0 aliphatic heterocycles. The van der Waals surface area contributed by atoms with Crippen LogP contribution in [0.25, 0.3) is 27.9 Å². The van der Waals surface area contributed by atoms with Crippen molar-refractivity contribution in [2.24, 2.45) is 0 Å². The Hall–Kier alpha value is -3.72. The van der Waals surface area contributed by atoms with Crippen LogP contribution in [0.3, 0.4) is 0 Å². The molecule has 4 N–H and O–H groups in total. The van der Waals surface area contributed by atoms with Gasteiger partial charge in [0.2, 0.25) is 5.95 Å². The van der Waals surface area contributed by atoms with Gasteiger partial charge in [-0.25, -0.2) is 9.97 Å². The summed E-state index contributed by atoms with van der Waals surface area (Å²) in [5, 5.41) is 1.46. The Morgan fingerprint density at radius 2 is 1.93 bits per heavy atom. The highest BCUT2D eigenvalue weighted by Crippen LogP contribution is 2.35. The van der Waals surface area contributed by atoms with Crippen molar-refractivity contribution in [1.82, 2.24) is 34.1 Å². The topological polar surface area (TPSA) is 126 Å². The summed E-state index contributed by atoms with van der Waals surface area (Å²) in [6.45, 7) is 2.03. The number of nitrogens with two attached hydrogens (primary N) is 2. The summed E-state index contributed by atoms with van der Waals surface area (Å²) < 4.78 is 3.87. The summed E-state index contributed by atoms with van der Waals surface area (Å²) in [6.07, 6.45) is 8.87. The number of hydrogen-bond donors (Lipinski definition) is 2. The Bertz CT molecular complexity index is 1360. The van der Waals surface area contributed by atoms with E-state index in [1.807, 2.05) is 34.4 Å². The van der Waals surface area contributed by atoms with Crippen LogP contribution in [0, 0.1) is 0 Å². The van der Waals surface area contributed by atoms with Gasteiger partial charge in [-0.15, -0.1) is 0 Å². The highest BCUT2D eigenvalue weighted by Gasteiger charge is 2.22. The molecule has 0 aliphatic carbocycles. The van der Waals surface area contributed by atoms with E-state index in [0.717, 1.165) is 22.3 Å². The maximum absolute atomic E-state index is 6.58. The van der Waals surface area contributed by atoms with Crippen LogP contribution < -0.4 is 11.5 Å². The zero-order valence-electron chi connectivity index (χ0n) is 15.4. The Morgan fingerprint density at radius 1 is 1.07 bits per heavy atom. The summed E-state index contributed by atoms with van der Waals surface area (Å²) in [6, 6.07) is 5.44. The number of rotatable bonds is 3. The molecule has 0 aliphatic rings. The molecule has 144 valence electrons. The first-order valence-corrected chi connectivity index (χ1v) is 9.23. The van der Waals surface area contributed by atoms with E-state index in [2.05, 4.69) is 24.9 Å². The maximum atomic E-state index is 6.58. The molecule has 0 spiro atoms. The minimum Gasteiger partial charge on any atom is -0.382 e. The molecule has 0 saturated carbocycles. The lowest BCUT2D eigenvalue weighted by molar-refractivity contribution is 0.656. The second kappa shape index (κ2) is 6.42. The normalized spacial score (nSPS) is 12.6. The maximum Gasteiger partial charge on any atom is 0.224 e. The van der Waals surface area contributed by atoms with Crippen molar-refractivity contribution in [3.05, 3.63) is 59.9 Å². The van der Waals surface area contributed by atoms with E-state index in [4.69, 9.17) is 23.1 Å². The number of nitrogens with zero attached hydrogens (tertiary/aromatic N) is 7. The van der Waals surface area contributed by atoms with Crippen LogP contribution in [-0.4, -0.2) is 34.1 Å². The van der Waals surface area contributed by atoms with Gasteiger partial charge in [0.1, 0.15) is 11.2 Å². The van der Waals surface area contributed by atoms with Gasteiger partial charge in [-0.2, -0.15) is 9.97 Å². The lowest BCUT2D eigenvalue weighted by atomic mass is 10.1. The first kappa shape index (κ1) is 17.4. The van der Waals surface area contributed by atoms with Gasteiger partial charge in [-0.1, -0.05) is 11.6 Å². The summed E-state index contributed by atoms with van der Waals surface area (Å²) in [5.74, 6) is 0.345. The first-order valence-electron chi connectivity index (χ1n) is 8.86. The van der Waals surface area contributed by atoms with E-state index in [-0.39, 0.29) is 17.8 Å². The van der Waals surface area contributed by atoms with Crippen LogP contribution in [0.4, 0.5) is 11.8 Å². The monoisotopic (exact) mass is 405 g/mol. The quantitative estimate of drug-likeness (QED) is 0.472. The molecule has 9 nitrogen and oxygen atoms in total. The molecule has 0 saturated heterocycles. The van der Waals surface area contributed by atoms with Crippen molar-refractivity contribution < 1.29 is 0 Å². The number of imidazole rings is 1. The van der Waals surface area contributed by atoms with Crippen molar-refractivity contribution in [1.29, 1.82) is 0 Å². The molecular formula is C19H16ClN9. The van der Waals surface area contributed by atoms with Crippen molar-refractivity contribution in [3.8, 4) is 5.69 Å². The van der Waals surface area contributed by atoms with Crippen LogP contribution in [0.2, 0.25) is 5.02 Å². The standard InChI is InChI=1S/C19H16ClN9/c1-10(29-9-25-15-16(21)26-19(22)27-18(15)29)12-8-28(11-3-2-5-23-7-11)17-14(12)13(20)4-6-24-17/h2-10H,1H3,(H4,21,22,26,27). The molecular weight excluding hydrogens is 390 g/mol. The van der Waals surface area contributed by atoms with Crippen LogP contribution in [0.5, 0.6) is 0 Å². The second-order valence-electron chi connectivity index (χ2n) is 6.62. The third kappa shape index (κ3) is 2.66. The zero-order valence-corrected chi connectivity index (χ0v) is 16.1. The number of anilines is 2. The summed E-state index contributed by atoms with van der Waals surface area (Å²) in [5.41, 5.74) is 15.4. The largest absolute Gasteiger partial charge is 0.382 e. The highest BCUT2D eigenvalue weighted by molar-refractivity contribution is 6.35. The van der Waals surface area contributed by atoms with E-state index in [1.54, 1.807) is 31.0 Å². The number of hydrogen-bond acceptors (Lipinski definition) is 7. The molecule has 10 heteroatoms. The summed E-state index contributed by atoms with van der Waals surface area (Å²) in [7, 11) is 0. The van der Waals surface area contributed by atoms with Crippen LogP contribution >= 0.6 is 11.6 Å². The van der Waals surface area contributed by atoms with Crippen molar-refractivity contribution in [3.63, 3.8) is 0 Å². The van der Waals surface area contributed by atoms with E-state index in [9.17, 15) is 0 Å². The van der Waals surface area contributed by atoms with Gasteiger partial charge >= 0.3 is 0 Å². The van der Waals surface area contributed by atoms with Gasteiger partial charge in [0, 0.05) is 29.5 Å². The average molecular weight is 406 g/mol. The predicted octanol–water partition coefficient (Wildman–Crippen LogP) is 2.99. The molecule has 5 aromatic heterocycles. The van der Waals surface area contributed by atoms with Crippen molar-refractivity contribution >= 4 is 45.6 Å². The third-order valence-electron chi connectivity index (χ3n) is 4.92. The lowest BCUT2D eigenvalue weighted by Gasteiger charge is -2.14. The number of aromatic nitrogens is 7. The number of nitrogen functional groups attached to an aromatic ring is 2. The minimum atomic E-state index is -0.171. The Balaban J connectivity index is 1.76. The second-order valence-corrected chi connectivity index (χ2v) is 7.03. The Morgan fingerprint density at radius 3 is 2.72 bits per heavy atom. The van der Waals surface area contributed by atoms with Crippen molar-refractivity contribution in [2.75, 3.05) is 11.5 Å². The van der Waals surface area contributed by atoms with Crippen LogP contribution in [0.1, 0.15) is 18.5 Å². The van der Waals surface area contributed by atoms with Crippen LogP contribution in [0.15, 0.2) is 49.3 Å². The Labute approximate surface area is 170 Å². The summed E-state index contributed by atoms with van der Waals surface area (Å²) in [4.78, 5) is 21.4. The molecule has 1 unspecified atom stereocenters. The fraction of sp³-hybridized carbons (Fsp3) is 0.105. The van der Waals surface area contributed by atoms with E-state index in [0.29, 0.717) is 16.2 Å². The number of halogens is 1. The third-order valence-corrected chi connectivity index (χ3v) is 5.24. The predicted molar refractivity (Wildman–Crippen MR) is 112 cm³/mol. The molecule has 5 aromatic rings. The van der Waals surface area contributed by atoms with Gasteiger partial charge in [0.05, 0.1) is 29.3 Å². The SMILES string of the molecule is CC(c1cn(-c2cccnc2)c2nccc(Cl)c12)n1cnc2c(N)nc(N)nc21. The van der Waals surface area contributed by atoms with Crippen LogP contribution in [-0.2, 0) is 0 Å². The van der Waals surface area contributed by atoms with E-state index < -0.39 is 0 Å². The smallest absolute Gasteiger partial charge is 0.224 e. The van der Waals surface area contributed by atoms with Gasteiger partial charge in [-0.05, 0) is 25.1 Å². The Kier molecular flexibility index (Phi) is 3.85. The highest BCUT2D eigenvalue weighted by atomic mass is 35.5. The lowest BCUT2D eigenvalue weighted by Crippen LogP contribution is -2.08. The molecule has 0 fully saturated rings. The molecule has 1 atom stereocenters. The van der Waals surface area contributed by atoms with E-state index in [1.165, 1.54) is 0 Å². The van der Waals surface area contributed by atoms with Gasteiger partial charge in [-0.3, -0.25) is 9.55 Å². The zero-order chi connectivity index (χ0) is 20.1. The molecule has 0 amide bonds. The average Bonchev–Trinajstić information content (AvgIpc) is 3.31. The van der Waals surface area contributed by atoms with Gasteiger partial charge < -0.3 is 16.0 Å². The molecule has 5 heterocycles. The first-order chi connectivity index (χ1) is 14.0. The van der Waals surface area contributed by atoms with Gasteiger partial charge in [0.25, 0.3) is 0 Å². The summed E-state index contributed by atoms with van der Waals surface area (Å²) >= 11 is 6.58. The van der Waals surface area contributed by atoms with Crippen molar-refractivity contribution in [2.45, 2.75) is 13.0 Å². The molecule has 29 heavy (non-hydrogen) atoms. The minimum absolute atomic E-state index is 0.0986. The molecule has 0 radical (unpaired) electrons. The fourth-order valence-electron chi connectivity index (χ4n) is 3.54.